The van der Waals surface area contributed by atoms with Crippen LogP contribution in [0, 0.1) is 5.92 Å². The maximum atomic E-state index is 12.9. The highest BCUT2D eigenvalue weighted by Crippen LogP contribution is 2.32. The van der Waals surface area contributed by atoms with Crippen LogP contribution in [0.3, 0.4) is 0 Å². The molecule has 0 radical (unpaired) electrons. The minimum Gasteiger partial charge on any atom is -0.372 e. The van der Waals surface area contributed by atoms with Crippen molar-refractivity contribution in [2.24, 2.45) is 5.92 Å². The fourth-order valence-corrected chi connectivity index (χ4v) is 4.31. The van der Waals surface area contributed by atoms with Crippen LogP contribution in [0.15, 0.2) is 28.7 Å². The van der Waals surface area contributed by atoms with Crippen LogP contribution in [0.2, 0.25) is 0 Å². The van der Waals surface area contributed by atoms with Gasteiger partial charge in [-0.05, 0) is 40.9 Å². The number of halogens is 4. The highest BCUT2D eigenvalue weighted by molar-refractivity contribution is 9.10. The van der Waals surface area contributed by atoms with Gasteiger partial charge in [-0.15, -0.1) is 0 Å². The Bertz CT molecular complexity index is 754. The van der Waals surface area contributed by atoms with E-state index in [4.69, 9.17) is 0 Å². The fraction of sp³-hybridized carbons (Fsp3) is 0.600. The van der Waals surface area contributed by atoms with Gasteiger partial charge in [-0.25, -0.2) is 0 Å². The van der Waals surface area contributed by atoms with Crippen molar-refractivity contribution in [1.82, 2.24) is 9.80 Å². The third-order valence-corrected chi connectivity index (χ3v) is 6.03. The zero-order valence-electron chi connectivity index (χ0n) is 16.5. The molecule has 2 heterocycles. The first kappa shape index (κ1) is 23.0. The van der Waals surface area contributed by atoms with Gasteiger partial charge in [0.2, 0.25) is 11.8 Å². The molecule has 30 heavy (non-hydrogen) atoms. The number of nitrogens with zero attached hydrogens (tertiary/aromatic N) is 3. The van der Waals surface area contributed by atoms with Gasteiger partial charge in [0.1, 0.15) is 12.5 Å². The molecule has 2 aliphatic heterocycles. The molecule has 1 aromatic rings. The lowest BCUT2D eigenvalue weighted by molar-refractivity contribution is -0.174. The van der Waals surface area contributed by atoms with E-state index in [0.717, 1.165) is 10.2 Å². The number of carbonyl (C=O) groups excluding carboxylic acids is 2. The molecule has 10 heteroatoms. The molecule has 2 amide bonds. The molecule has 0 aromatic heterocycles. The molecular weight excluding hydrogens is 467 g/mol. The van der Waals surface area contributed by atoms with Gasteiger partial charge < -0.3 is 14.5 Å². The second-order valence-electron chi connectivity index (χ2n) is 7.47. The van der Waals surface area contributed by atoms with Gasteiger partial charge in [-0.3, -0.25) is 14.5 Å². The average Bonchev–Trinajstić information content (AvgIpc) is 3.08. The van der Waals surface area contributed by atoms with Crippen LogP contribution >= 0.6 is 15.9 Å². The first-order chi connectivity index (χ1) is 14.3. The van der Waals surface area contributed by atoms with E-state index in [0.29, 0.717) is 52.1 Å². The third-order valence-electron chi connectivity index (χ3n) is 5.36. The van der Waals surface area contributed by atoms with Crippen LogP contribution in [0.25, 0.3) is 0 Å². The number of rotatable bonds is 7. The Morgan fingerprint density at radius 3 is 2.50 bits per heavy atom. The Labute approximate surface area is 182 Å². The minimum absolute atomic E-state index is 0.0557. The predicted octanol–water partition coefficient (Wildman–Crippen LogP) is 2.92. The summed E-state index contributed by atoms with van der Waals surface area (Å²) < 4.78 is 41.6. The van der Waals surface area contributed by atoms with Crippen LogP contribution in [0.1, 0.15) is 12.8 Å². The topological polar surface area (TPSA) is 53.1 Å². The quantitative estimate of drug-likeness (QED) is 0.434. The molecule has 0 spiro atoms. The highest BCUT2D eigenvalue weighted by atomic mass is 79.9. The number of ether oxygens (including phenoxy) is 1. The number of carbonyl (C=O) groups is 2. The van der Waals surface area contributed by atoms with Crippen LogP contribution in [0.5, 0.6) is 0 Å². The van der Waals surface area contributed by atoms with E-state index >= 15 is 0 Å². The molecule has 2 aliphatic rings. The van der Waals surface area contributed by atoms with Crippen molar-refractivity contribution in [1.29, 1.82) is 0 Å². The molecule has 0 bridgehead atoms. The van der Waals surface area contributed by atoms with Gasteiger partial charge in [0.25, 0.3) is 0 Å². The van der Waals surface area contributed by atoms with E-state index in [9.17, 15) is 22.8 Å². The standard InChI is InChI=1S/C20H25BrF3N3O3/c21-16-4-1-2-5-17(16)27-8-6-15(19(27)29)18(28)26-11-9-25(10-12-26)7-3-13-30-14-20(22,23)24/h1-2,4-5,15H,3,6-14H2. The lowest BCUT2D eigenvalue weighted by atomic mass is 10.1. The van der Waals surface area contributed by atoms with Crippen LogP contribution < -0.4 is 4.90 Å². The molecule has 1 atom stereocenters. The molecule has 1 aromatic carbocycles. The molecule has 3 rings (SSSR count). The SMILES string of the molecule is O=C(C1CCN(c2ccccc2Br)C1=O)N1CCN(CCCOCC(F)(F)F)CC1. The zero-order valence-corrected chi connectivity index (χ0v) is 18.1. The Kier molecular flexibility index (Phi) is 7.75. The van der Waals surface area contributed by atoms with E-state index < -0.39 is 18.7 Å². The molecule has 0 aliphatic carbocycles. The third kappa shape index (κ3) is 5.95. The molecular formula is C20H25BrF3N3O3. The summed E-state index contributed by atoms with van der Waals surface area (Å²) in [7, 11) is 0. The summed E-state index contributed by atoms with van der Waals surface area (Å²) in [5.41, 5.74) is 0.773. The number of alkyl halides is 3. The molecule has 6 nitrogen and oxygen atoms in total. The normalized spacial score (nSPS) is 20.8. The van der Waals surface area contributed by atoms with Crippen molar-refractivity contribution in [3.05, 3.63) is 28.7 Å². The fourth-order valence-electron chi connectivity index (χ4n) is 3.81. The number of benzene rings is 1. The average molecular weight is 492 g/mol. The number of anilines is 1. The Morgan fingerprint density at radius 2 is 1.83 bits per heavy atom. The van der Waals surface area contributed by atoms with Crippen LogP contribution in [-0.4, -0.2) is 80.3 Å². The monoisotopic (exact) mass is 491 g/mol. The van der Waals surface area contributed by atoms with Gasteiger partial charge in [0, 0.05) is 50.3 Å². The molecule has 166 valence electrons. The molecule has 2 saturated heterocycles. The molecule has 2 fully saturated rings. The van der Waals surface area contributed by atoms with E-state index in [1.54, 1.807) is 9.80 Å². The predicted molar refractivity (Wildman–Crippen MR) is 109 cm³/mol. The van der Waals surface area contributed by atoms with Crippen LogP contribution in [-0.2, 0) is 14.3 Å². The van der Waals surface area contributed by atoms with Crippen LogP contribution in [0.4, 0.5) is 18.9 Å². The lowest BCUT2D eigenvalue weighted by Gasteiger charge is -2.35. The van der Waals surface area contributed by atoms with Crippen molar-refractivity contribution >= 4 is 33.4 Å². The van der Waals surface area contributed by atoms with E-state index in [-0.39, 0.29) is 18.4 Å². The first-order valence-corrected chi connectivity index (χ1v) is 10.8. The highest BCUT2D eigenvalue weighted by Gasteiger charge is 2.40. The van der Waals surface area contributed by atoms with E-state index in [2.05, 4.69) is 25.6 Å². The van der Waals surface area contributed by atoms with Crippen molar-refractivity contribution in [3.63, 3.8) is 0 Å². The van der Waals surface area contributed by atoms with Gasteiger partial charge >= 0.3 is 6.18 Å². The van der Waals surface area contributed by atoms with Crippen molar-refractivity contribution in [3.8, 4) is 0 Å². The van der Waals surface area contributed by atoms with Crippen molar-refractivity contribution in [2.75, 3.05) is 57.4 Å². The Balaban J connectivity index is 1.42. The summed E-state index contributed by atoms with van der Waals surface area (Å²) in [6.45, 7) is 2.27. The molecule has 0 saturated carbocycles. The Hall–Kier alpha value is -1.65. The largest absolute Gasteiger partial charge is 0.411 e. The summed E-state index contributed by atoms with van der Waals surface area (Å²) >= 11 is 3.45. The van der Waals surface area contributed by atoms with Crippen molar-refractivity contribution in [2.45, 2.75) is 19.0 Å². The smallest absolute Gasteiger partial charge is 0.372 e. The number of hydrogen-bond acceptors (Lipinski definition) is 4. The summed E-state index contributed by atoms with van der Waals surface area (Å²) in [5, 5.41) is 0. The number of para-hydroxylation sites is 1. The summed E-state index contributed by atoms with van der Waals surface area (Å²) in [5.74, 6) is -0.960. The molecule has 1 unspecified atom stereocenters. The first-order valence-electron chi connectivity index (χ1n) is 9.98. The van der Waals surface area contributed by atoms with Crippen molar-refractivity contribution < 1.29 is 27.5 Å². The molecule has 0 N–H and O–H groups in total. The number of piperazine rings is 1. The Morgan fingerprint density at radius 1 is 1.13 bits per heavy atom. The maximum absolute atomic E-state index is 12.9. The summed E-state index contributed by atoms with van der Waals surface area (Å²) in [6.07, 6.45) is -3.29. The minimum atomic E-state index is -4.30. The van der Waals surface area contributed by atoms with E-state index in [1.165, 1.54) is 0 Å². The number of amides is 2. The summed E-state index contributed by atoms with van der Waals surface area (Å²) in [4.78, 5) is 31.2. The second kappa shape index (κ2) is 10.1. The summed E-state index contributed by atoms with van der Waals surface area (Å²) in [6, 6.07) is 7.45. The van der Waals surface area contributed by atoms with E-state index in [1.807, 2.05) is 24.3 Å². The maximum Gasteiger partial charge on any atom is 0.411 e. The second-order valence-corrected chi connectivity index (χ2v) is 8.33. The van der Waals surface area contributed by atoms with Gasteiger partial charge in [0.15, 0.2) is 0 Å². The number of hydrogen-bond donors (Lipinski definition) is 0. The zero-order chi connectivity index (χ0) is 21.7. The van der Waals surface area contributed by atoms with Gasteiger partial charge in [0.05, 0.1) is 5.69 Å². The lowest BCUT2D eigenvalue weighted by Crippen LogP contribution is -2.51. The van der Waals surface area contributed by atoms with Gasteiger partial charge in [-0.2, -0.15) is 13.2 Å². The van der Waals surface area contributed by atoms with Gasteiger partial charge in [-0.1, -0.05) is 12.1 Å².